The van der Waals surface area contributed by atoms with Gasteiger partial charge in [-0.2, -0.15) is 0 Å². The van der Waals surface area contributed by atoms with Crippen molar-refractivity contribution in [3.05, 3.63) is 12.2 Å². The standard InChI is InChI=1S/C47H89NO5/c1-3-5-7-9-11-13-15-17-19-21-23-25-27-29-34-38-42-47(52)53-44(40-36-32-30-33-37-41-45(49)48-43-46(50)51)39-35-31-28-26-24-22-20-18-16-14-12-10-8-6-4-2/h19,21,44H,3-18,20,22-43H2,1-2H3,(H,48,49)(H,50,51)/b21-19-. The highest BCUT2D eigenvalue weighted by molar-refractivity contribution is 5.80. The van der Waals surface area contributed by atoms with E-state index in [0.717, 1.165) is 64.2 Å². The van der Waals surface area contributed by atoms with Gasteiger partial charge in [0.25, 0.3) is 0 Å². The molecule has 0 fully saturated rings. The number of amides is 1. The highest BCUT2D eigenvalue weighted by Gasteiger charge is 2.14. The largest absolute Gasteiger partial charge is 0.480 e. The first-order chi connectivity index (χ1) is 26.0. The zero-order valence-electron chi connectivity index (χ0n) is 35.4. The van der Waals surface area contributed by atoms with Crippen molar-refractivity contribution in [2.45, 2.75) is 264 Å². The number of nitrogens with one attached hydrogen (secondary N) is 1. The molecule has 0 aromatic carbocycles. The molecule has 0 saturated heterocycles. The molecule has 0 spiro atoms. The fraction of sp³-hybridized carbons (Fsp3) is 0.894. The van der Waals surface area contributed by atoms with Crippen molar-refractivity contribution in [3.8, 4) is 0 Å². The number of unbranched alkanes of at least 4 members (excludes halogenated alkanes) is 30. The molecular formula is C47H89NO5. The molecule has 0 aromatic rings. The Balaban J connectivity index is 4.14. The molecule has 1 amide bonds. The maximum atomic E-state index is 12.8. The predicted molar refractivity (Wildman–Crippen MR) is 226 cm³/mol. The smallest absolute Gasteiger partial charge is 0.322 e. The highest BCUT2D eigenvalue weighted by Crippen LogP contribution is 2.19. The Kier molecular flexibility index (Phi) is 41.4. The second-order valence-electron chi connectivity index (χ2n) is 16.0. The minimum absolute atomic E-state index is 0.0170. The van der Waals surface area contributed by atoms with Crippen molar-refractivity contribution in [1.82, 2.24) is 5.32 Å². The number of hydrogen-bond acceptors (Lipinski definition) is 4. The van der Waals surface area contributed by atoms with Gasteiger partial charge in [-0.05, 0) is 64.2 Å². The first-order valence-corrected chi connectivity index (χ1v) is 23.3. The van der Waals surface area contributed by atoms with Gasteiger partial charge in [-0.1, -0.05) is 193 Å². The second kappa shape index (κ2) is 42.9. The number of esters is 1. The Morgan fingerprint density at radius 3 is 1.21 bits per heavy atom. The minimum Gasteiger partial charge on any atom is -0.480 e. The van der Waals surface area contributed by atoms with E-state index in [2.05, 4.69) is 31.3 Å². The van der Waals surface area contributed by atoms with Crippen LogP contribution in [-0.4, -0.2) is 35.6 Å². The van der Waals surface area contributed by atoms with Gasteiger partial charge in [0, 0.05) is 12.8 Å². The van der Waals surface area contributed by atoms with Crippen LogP contribution in [0, 0.1) is 0 Å². The van der Waals surface area contributed by atoms with E-state index in [1.54, 1.807) is 0 Å². The van der Waals surface area contributed by atoms with E-state index in [-0.39, 0.29) is 24.5 Å². The molecule has 0 aliphatic carbocycles. The van der Waals surface area contributed by atoms with E-state index in [1.165, 1.54) is 167 Å². The molecular weight excluding hydrogens is 659 g/mol. The summed E-state index contributed by atoms with van der Waals surface area (Å²) in [6, 6.07) is 0. The highest BCUT2D eigenvalue weighted by atomic mass is 16.5. The van der Waals surface area contributed by atoms with E-state index < -0.39 is 5.97 Å². The van der Waals surface area contributed by atoms with Crippen molar-refractivity contribution >= 4 is 17.8 Å². The molecule has 6 nitrogen and oxygen atoms in total. The van der Waals surface area contributed by atoms with Crippen molar-refractivity contribution in [2.75, 3.05) is 6.54 Å². The Morgan fingerprint density at radius 2 is 0.811 bits per heavy atom. The van der Waals surface area contributed by atoms with E-state index in [0.29, 0.717) is 12.8 Å². The SMILES string of the molecule is CCCCCCCCC/C=C\CCCCCCCC(=O)OC(CCCCCCCCCCCCCCCCC)CCCCCCCC(=O)NCC(=O)O. The summed E-state index contributed by atoms with van der Waals surface area (Å²) in [6.07, 6.45) is 50.5. The van der Waals surface area contributed by atoms with Crippen LogP contribution in [0.2, 0.25) is 0 Å². The van der Waals surface area contributed by atoms with Crippen LogP contribution in [0.4, 0.5) is 0 Å². The van der Waals surface area contributed by atoms with Gasteiger partial charge in [0.15, 0.2) is 0 Å². The molecule has 53 heavy (non-hydrogen) atoms. The molecule has 312 valence electrons. The molecule has 0 bridgehead atoms. The lowest BCUT2D eigenvalue weighted by molar-refractivity contribution is -0.150. The summed E-state index contributed by atoms with van der Waals surface area (Å²) in [7, 11) is 0. The summed E-state index contributed by atoms with van der Waals surface area (Å²) in [6.45, 7) is 4.25. The molecule has 0 aromatic heterocycles. The number of carbonyl (C=O) groups excluding carboxylic acids is 2. The van der Waals surface area contributed by atoms with Crippen LogP contribution in [0.1, 0.15) is 258 Å². The summed E-state index contributed by atoms with van der Waals surface area (Å²) in [5, 5.41) is 11.1. The first kappa shape index (κ1) is 51.1. The molecule has 2 N–H and O–H groups in total. The number of allylic oxidation sites excluding steroid dienone is 2. The summed E-state index contributed by atoms with van der Waals surface area (Å²) in [4.78, 5) is 35.1. The van der Waals surface area contributed by atoms with Gasteiger partial charge in [0.1, 0.15) is 12.6 Å². The van der Waals surface area contributed by atoms with Crippen LogP contribution >= 0.6 is 0 Å². The summed E-state index contributed by atoms with van der Waals surface area (Å²) in [5.41, 5.74) is 0. The molecule has 0 saturated carbocycles. The van der Waals surface area contributed by atoms with E-state index in [1.807, 2.05) is 0 Å². The quantitative estimate of drug-likeness (QED) is 0.0368. The van der Waals surface area contributed by atoms with E-state index >= 15 is 0 Å². The third-order valence-corrected chi connectivity index (χ3v) is 10.7. The van der Waals surface area contributed by atoms with E-state index in [4.69, 9.17) is 9.84 Å². The zero-order chi connectivity index (χ0) is 38.7. The Morgan fingerprint density at radius 1 is 0.472 bits per heavy atom. The van der Waals surface area contributed by atoms with Gasteiger partial charge >= 0.3 is 11.9 Å². The maximum absolute atomic E-state index is 12.8. The summed E-state index contributed by atoms with van der Waals surface area (Å²) in [5.74, 6) is -1.22. The average molecular weight is 748 g/mol. The third kappa shape index (κ3) is 42.8. The number of carbonyl (C=O) groups is 3. The zero-order valence-corrected chi connectivity index (χ0v) is 35.4. The number of ether oxygens (including phenoxy) is 1. The number of carboxylic acid groups (broad SMARTS) is 1. The topological polar surface area (TPSA) is 92.7 Å². The lowest BCUT2D eigenvalue weighted by Crippen LogP contribution is -2.28. The number of hydrogen-bond donors (Lipinski definition) is 2. The fourth-order valence-corrected chi connectivity index (χ4v) is 7.22. The molecule has 0 heterocycles. The number of aliphatic carboxylic acids is 1. The predicted octanol–water partition coefficient (Wildman–Crippen LogP) is 14.5. The van der Waals surface area contributed by atoms with Crippen LogP contribution in [0.5, 0.6) is 0 Å². The normalized spacial score (nSPS) is 12.0. The van der Waals surface area contributed by atoms with Crippen molar-refractivity contribution in [1.29, 1.82) is 0 Å². The van der Waals surface area contributed by atoms with Gasteiger partial charge in [-0.3, -0.25) is 14.4 Å². The number of carboxylic acids is 1. The molecule has 0 rings (SSSR count). The van der Waals surface area contributed by atoms with Crippen LogP contribution in [-0.2, 0) is 19.1 Å². The van der Waals surface area contributed by atoms with Gasteiger partial charge in [0.05, 0.1) is 0 Å². The van der Waals surface area contributed by atoms with Gasteiger partial charge in [-0.25, -0.2) is 0 Å². The number of rotatable bonds is 43. The minimum atomic E-state index is -1.01. The monoisotopic (exact) mass is 748 g/mol. The second-order valence-corrected chi connectivity index (χ2v) is 16.0. The Hall–Kier alpha value is -1.85. The molecule has 1 unspecified atom stereocenters. The molecule has 6 heteroatoms. The van der Waals surface area contributed by atoms with Crippen molar-refractivity contribution in [2.24, 2.45) is 0 Å². The van der Waals surface area contributed by atoms with Gasteiger partial charge < -0.3 is 15.2 Å². The van der Waals surface area contributed by atoms with Crippen molar-refractivity contribution < 1.29 is 24.2 Å². The molecule has 1 atom stereocenters. The van der Waals surface area contributed by atoms with Crippen LogP contribution in [0.15, 0.2) is 12.2 Å². The summed E-state index contributed by atoms with van der Waals surface area (Å²) < 4.78 is 6.05. The Labute approximate surface area is 329 Å². The average Bonchev–Trinajstić information content (AvgIpc) is 3.14. The fourth-order valence-electron chi connectivity index (χ4n) is 7.22. The first-order valence-electron chi connectivity index (χ1n) is 23.3. The third-order valence-electron chi connectivity index (χ3n) is 10.7. The molecule has 0 aliphatic heterocycles. The van der Waals surface area contributed by atoms with Crippen LogP contribution < -0.4 is 5.32 Å². The maximum Gasteiger partial charge on any atom is 0.322 e. The lowest BCUT2D eigenvalue weighted by Gasteiger charge is -2.18. The van der Waals surface area contributed by atoms with Crippen LogP contribution in [0.3, 0.4) is 0 Å². The molecule has 0 aliphatic rings. The summed E-state index contributed by atoms with van der Waals surface area (Å²) >= 11 is 0. The van der Waals surface area contributed by atoms with E-state index in [9.17, 15) is 14.4 Å². The van der Waals surface area contributed by atoms with Crippen LogP contribution in [0.25, 0.3) is 0 Å². The van der Waals surface area contributed by atoms with Gasteiger partial charge in [0.2, 0.25) is 5.91 Å². The van der Waals surface area contributed by atoms with Gasteiger partial charge in [-0.15, -0.1) is 0 Å². The molecule has 0 radical (unpaired) electrons. The lowest BCUT2D eigenvalue weighted by atomic mass is 10.0. The Bertz CT molecular complexity index is 828. The van der Waals surface area contributed by atoms with Crippen molar-refractivity contribution in [3.63, 3.8) is 0 Å².